The average Bonchev–Trinajstić information content (AvgIpc) is 2.72. The third-order valence-corrected chi connectivity index (χ3v) is 5.44. The van der Waals surface area contributed by atoms with Crippen LogP contribution in [0.15, 0.2) is 16.6 Å². The first kappa shape index (κ1) is 13.5. The number of fused-ring (bicyclic) bond motifs is 3. The van der Waals surface area contributed by atoms with Gasteiger partial charge >= 0.3 is 0 Å². The summed E-state index contributed by atoms with van der Waals surface area (Å²) in [5.74, 6) is 0.731. The molecule has 2 aromatic rings. The van der Waals surface area contributed by atoms with Crippen LogP contribution in [0.1, 0.15) is 38.4 Å². The second kappa shape index (κ2) is 4.53. The summed E-state index contributed by atoms with van der Waals surface area (Å²) in [7, 11) is 0. The molecule has 0 bridgehead atoms. The molecule has 19 heavy (non-hydrogen) atoms. The van der Waals surface area contributed by atoms with Crippen LogP contribution in [0.4, 0.5) is 0 Å². The predicted octanol–water partition coefficient (Wildman–Crippen LogP) is 5.73. The van der Waals surface area contributed by atoms with Crippen molar-refractivity contribution in [2.75, 3.05) is 0 Å². The molecule has 1 heterocycles. The van der Waals surface area contributed by atoms with Crippen LogP contribution in [0.3, 0.4) is 0 Å². The van der Waals surface area contributed by atoms with Crippen molar-refractivity contribution >= 4 is 38.4 Å². The van der Waals surface area contributed by atoms with E-state index in [9.17, 15) is 0 Å². The number of hydrogen-bond acceptors (Lipinski definition) is 0. The van der Waals surface area contributed by atoms with Gasteiger partial charge in [-0.3, -0.25) is 0 Å². The van der Waals surface area contributed by atoms with E-state index in [2.05, 4.69) is 41.7 Å². The van der Waals surface area contributed by atoms with E-state index in [1.165, 1.54) is 23.1 Å². The summed E-state index contributed by atoms with van der Waals surface area (Å²) in [6, 6.07) is 4.01. The summed E-state index contributed by atoms with van der Waals surface area (Å²) in [5, 5.41) is 2.09. The van der Waals surface area contributed by atoms with Crippen molar-refractivity contribution in [3.63, 3.8) is 0 Å². The molecule has 1 aromatic heterocycles. The van der Waals surface area contributed by atoms with Crippen molar-refractivity contribution in [2.24, 2.45) is 11.3 Å². The molecule has 0 radical (unpaired) electrons. The van der Waals surface area contributed by atoms with Gasteiger partial charge in [0.2, 0.25) is 0 Å². The number of H-pyrrole nitrogens is 1. The molecule has 102 valence electrons. The lowest BCUT2D eigenvalue weighted by Gasteiger charge is -2.34. The van der Waals surface area contributed by atoms with Crippen LogP contribution < -0.4 is 0 Å². The van der Waals surface area contributed by atoms with Crippen molar-refractivity contribution in [1.82, 2.24) is 4.98 Å². The third-order valence-electron chi connectivity index (χ3n) is 4.46. The molecule has 1 unspecified atom stereocenters. The second-order valence-electron chi connectivity index (χ2n) is 6.67. The normalized spacial score (nSPS) is 19.7. The van der Waals surface area contributed by atoms with E-state index >= 15 is 0 Å². The lowest BCUT2D eigenvalue weighted by Crippen LogP contribution is -2.26. The number of rotatable bonds is 0. The van der Waals surface area contributed by atoms with Crippen molar-refractivity contribution in [3.05, 3.63) is 32.9 Å². The van der Waals surface area contributed by atoms with Crippen molar-refractivity contribution in [3.8, 4) is 0 Å². The van der Waals surface area contributed by atoms with Gasteiger partial charge in [-0.15, -0.1) is 0 Å². The molecule has 0 fully saturated rings. The number of aromatic amines is 1. The van der Waals surface area contributed by atoms with Crippen LogP contribution in [0, 0.1) is 11.3 Å². The van der Waals surface area contributed by atoms with Crippen molar-refractivity contribution < 1.29 is 0 Å². The number of aryl methyl sites for hydroxylation is 1. The Morgan fingerprint density at radius 1 is 1.32 bits per heavy atom. The smallest absolute Gasteiger partial charge is 0.0618 e. The minimum absolute atomic E-state index is 0.361. The van der Waals surface area contributed by atoms with Gasteiger partial charge in [0.05, 0.1) is 10.5 Å². The molecule has 0 saturated heterocycles. The summed E-state index contributed by atoms with van der Waals surface area (Å²) in [4.78, 5) is 3.57. The fraction of sp³-hybridized carbons (Fsp3) is 0.500. The summed E-state index contributed by atoms with van der Waals surface area (Å²) in [6.07, 6.45) is 3.53. The zero-order valence-electron chi connectivity index (χ0n) is 11.6. The molecule has 1 N–H and O–H groups in total. The molecule has 0 saturated carbocycles. The quantitative estimate of drug-likeness (QED) is 0.630. The fourth-order valence-electron chi connectivity index (χ4n) is 3.19. The van der Waals surface area contributed by atoms with Crippen molar-refractivity contribution in [2.45, 2.75) is 40.0 Å². The molecular formula is C16H19BrClN. The molecule has 1 atom stereocenters. The summed E-state index contributed by atoms with van der Waals surface area (Å²) in [5.41, 5.74) is 4.34. The van der Waals surface area contributed by atoms with Gasteiger partial charge in [-0.2, -0.15) is 0 Å². The Hall–Kier alpha value is -0.470. The van der Waals surface area contributed by atoms with Crippen LogP contribution in [0.5, 0.6) is 0 Å². The zero-order valence-corrected chi connectivity index (χ0v) is 14.0. The van der Waals surface area contributed by atoms with Crippen LogP contribution in [0.25, 0.3) is 10.9 Å². The van der Waals surface area contributed by atoms with Gasteiger partial charge in [-0.1, -0.05) is 32.4 Å². The summed E-state index contributed by atoms with van der Waals surface area (Å²) >= 11 is 10.1. The molecule has 1 aliphatic carbocycles. The first-order chi connectivity index (χ1) is 8.88. The van der Waals surface area contributed by atoms with Gasteiger partial charge in [-0.05, 0) is 64.2 Å². The number of nitrogens with one attached hydrogen (secondary N) is 1. The molecule has 0 aliphatic heterocycles. The molecular weight excluding hydrogens is 322 g/mol. The van der Waals surface area contributed by atoms with Crippen LogP contribution in [-0.4, -0.2) is 4.98 Å². The Bertz CT molecular complexity index is 636. The van der Waals surface area contributed by atoms with E-state index < -0.39 is 0 Å². The molecule has 3 heteroatoms. The minimum atomic E-state index is 0.361. The zero-order chi connectivity index (χ0) is 13.8. The Balaban J connectivity index is 2.16. The van der Waals surface area contributed by atoms with E-state index in [-0.39, 0.29) is 0 Å². The molecule has 3 rings (SSSR count). The van der Waals surface area contributed by atoms with Gasteiger partial charge < -0.3 is 4.98 Å². The lowest BCUT2D eigenvalue weighted by atomic mass is 9.71. The SMILES string of the molecule is CC(C)(C)C1CCc2[nH]c3c(Br)ccc(Cl)c3c2C1. The van der Waals surface area contributed by atoms with Gasteiger partial charge in [0.1, 0.15) is 0 Å². The van der Waals surface area contributed by atoms with E-state index in [1.807, 2.05) is 12.1 Å². The Labute approximate surface area is 127 Å². The van der Waals surface area contributed by atoms with Crippen LogP contribution in [-0.2, 0) is 12.8 Å². The maximum absolute atomic E-state index is 6.43. The maximum Gasteiger partial charge on any atom is 0.0618 e. The fourth-order valence-corrected chi connectivity index (χ4v) is 3.89. The topological polar surface area (TPSA) is 15.8 Å². The number of benzene rings is 1. The standard InChI is InChI=1S/C16H19BrClN/c1-16(2,3)9-4-7-13-10(8-9)14-12(18)6-5-11(17)15(14)19-13/h5-6,9,19H,4,7-8H2,1-3H3. The van der Waals surface area contributed by atoms with Crippen LogP contribution in [0.2, 0.25) is 5.02 Å². The number of aromatic nitrogens is 1. The minimum Gasteiger partial charge on any atom is -0.357 e. The molecule has 1 aliphatic rings. The highest BCUT2D eigenvalue weighted by Crippen LogP contribution is 2.42. The largest absolute Gasteiger partial charge is 0.357 e. The molecule has 0 amide bonds. The lowest BCUT2D eigenvalue weighted by molar-refractivity contribution is 0.216. The third kappa shape index (κ3) is 2.23. The van der Waals surface area contributed by atoms with E-state index in [4.69, 9.17) is 11.6 Å². The summed E-state index contributed by atoms with van der Waals surface area (Å²) < 4.78 is 1.11. The molecule has 1 aromatic carbocycles. The van der Waals surface area contributed by atoms with E-state index in [1.54, 1.807) is 0 Å². The second-order valence-corrected chi connectivity index (χ2v) is 7.93. The Morgan fingerprint density at radius 3 is 2.74 bits per heavy atom. The van der Waals surface area contributed by atoms with Gasteiger partial charge in [0, 0.05) is 15.6 Å². The highest BCUT2D eigenvalue weighted by atomic mass is 79.9. The number of hydrogen-bond donors (Lipinski definition) is 1. The number of halogens is 2. The monoisotopic (exact) mass is 339 g/mol. The Morgan fingerprint density at radius 2 is 2.05 bits per heavy atom. The summed E-state index contributed by atoms with van der Waals surface area (Å²) in [6.45, 7) is 7.03. The highest BCUT2D eigenvalue weighted by molar-refractivity contribution is 9.10. The predicted molar refractivity (Wildman–Crippen MR) is 86.0 cm³/mol. The van der Waals surface area contributed by atoms with E-state index in [0.717, 1.165) is 33.8 Å². The first-order valence-electron chi connectivity index (χ1n) is 6.85. The van der Waals surface area contributed by atoms with Crippen LogP contribution >= 0.6 is 27.5 Å². The van der Waals surface area contributed by atoms with Gasteiger partial charge in [0.15, 0.2) is 0 Å². The first-order valence-corrected chi connectivity index (χ1v) is 8.02. The van der Waals surface area contributed by atoms with Gasteiger partial charge in [0.25, 0.3) is 0 Å². The van der Waals surface area contributed by atoms with Gasteiger partial charge in [-0.25, -0.2) is 0 Å². The maximum atomic E-state index is 6.43. The van der Waals surface area contributed by atoms with Crippen molar-refractivity contribution in [1.29, 1.82) is 0 Å². The van der Waals surface area contributed by atoms with E-state index in [0.29, 0.717) is 5.41 Å². The molecule has 1 nitrogen and oxygen atoms in total. The Kier molecular flexibility index (Phi) is 3.22. The average molecular weight is 341 g/mol. The molecule has 0 spiro atoms. The highest BCUT2D eigenvalue weighted by Gasteiger charge is 2.31.